The number of carbonyl (C=O) groups excluding carboxylic acids is 1. The van der Waals surface area contributed by atoms with Crippen molar-refractivity contribution in [3.63, 3.8) is 0 Å². The number of hydrogen-bond donors (Lipinski definition) is 2. The first kappa shape index (κ1) is 14.2. The van der Waals surface area contributed by atoms with Crippen LogP contribution < -0.4 is 11.1 Å². The van der Waals surface area contributed by atoms with E-state index in [9.17, 15) is 9.18 Å². The maximum Gasteiger partial charge on any atom is 0.259 e. The van der Waals surface area contributed by atoms with Crippen LogP contribution in [0.5, 0.6) is 0 Å². The largest absolute Gasteiger partial charge is 0.469 e. The van der Waals surface area contributed by atoms with E-state index in [4.69, 9.17) is 22.4 Å². The Morgan fingerprint density at radius 1 is 1.45 bits per heavy atom. The molecule has 0 aliphatic rings. The molecule has 0 atom stereocenters. The molecular weight excluding hydrogens is 279 g/mol. The van der Waals surface area contributed by atoms with Crippen LogP contribution in [0, 0.1) is 5.82 Å². The number of nitrogens with one attached hydrogen (secondary N) is 1. The Morgan fingerprint density at radius 3 is 2.85 bits per heavy atom. The van der Waals surface area contributed by atoms with Gasteiger partial charge >= 0.3 is 0 Å². The van der Waals surface area contributed by atoms with Gasteiger partial charge in [0, 0.05) is 6.42 Å². The van der Waals surface area contributed by atoms with Crippen LogP contribution in [0.1, 0.15) is 28.6 Å². The fourth-order valence-electron chi connectivity index (χ4n) is 1.89. The summed E-state index contributed by atoms with van der Waals surface area (Å²) in [6, 6.07) is 5.82. The summed E-state index contributed by atoms with van der Waals surface area (Å²) < 4.78 is 18.9. The molecule has 4 nitrogen and oxygen atoms in total. The highest BCUT2D eigenvalue weighted by molar-refractivity contribution is 7.80. The molecule has 0 saturated heterocycles. The number of benzene rings is 1. The first-order chi connectivity index (χ1) is 9.54. The molecule has 2 rings (SSSR count). The highest BCUT2D eigenvalue weighted by atomic mass is 32.1. The summed E-state index contributed by atoms with van der Waals surface area (Å²) in [5, 5.41) is 2.60. The average molecular weight is 292 g/mol. The molecule has 104 valence electrons. The minimum absolute atomic E-state index is 0.0254. The Balaban J connectivity index is 2.33. The number of rotatable bonds is 4. The van der Waals surface area contributed by atoms with Crippen molar-refractivity contribution in [3.8, 4) is 0 Å². The van der Waals surface area contributed by atoms with Gasteiger partial charge in [0.2, 0.25) is 0 Å². The molecule has 0 radical (unpaired) electrons. The molecule has 1 aromatic carbocycles. The summed E-state index contributed by atoms with van der Waals surface area (Å²) in [6.45, 7) is 1.87. The summed E-state index contributed by atoms with van der Waals surface area (Å²) in [5.41, 5.74) is 6.16. The molecule has 3 N–H and O–H groups in total. The summed E-state index contributed by atoms with van der Waals surface area (Å²) in [4.78, 5) is 12.1. The van der Waals surface area contributed by atoms with Gasteiger partial charge in [0.05, 0.1) is 23.1 Å². The molecule has 0 aliphatic heterocycles. The molecule has 0 saturated carbocycles. The number of nitrogens with two attached hydrogens (primary N) is 1. The first-order valence-electron chi connectivity index (χ1n) is 6.00. The van der Waals surface area contributed by atoms with E-state index in [1.54, 1.807) is 12.1 Å². The first-order valence-corrected chi connectivity index (χ1v) is 6.41. The fraction of sp³-hybridized carbons (Fsp3) is 0.143. The minimum atomic E-state index is -0.571. The van der Waals surface area contributed by atoms with E-state index in [1.165, 1.54) is 18.4 Å². The highest BCUT2D eigenvalue weighted by Gasteiger charge is 2.17. The van der Waals surface area contributed by atoms with Crippen molar-refractivity contribution >= 4 is 28.8 Å². The topological polar surface area (TPSA) is 68.3 Å². The zero-order valence-electron chi connectivity index (χ0n) is 10.8. The van der Waals surface area contributed by atoms with Crippen molar-refractivity contribution in [1.29, 1.82) is 0 Å². The van der Waals surface area contributed by atoms with Gasteiger partial charge < -0.3 is 15.5 Å². The third-order valence-electron chi connectivity index (χ3n) is 2.82. The summed E-state index contributed by atoms with van der Waals surface area (Å²) in [7, 11) is 0. The molecule has 0 fully saturated rings. The molecule has 6 heteroatoms. The molecular formula is C14H13FN2O2S. The molecule has 0 aliphatic carbocycles. The Bertz CT molecular complexity index is 667. The molecule has 2 aromatic rings. The molecule has 1 heterocycles. The van der Waals surface area contributed by atoms with E-state index < -0.39 is 11.7 Å². The Kier molecular flexibility index (Phi) is 4.14. The lowest BCUT2D eigenvalue weighted by Gasteiger charge is -2.10. The quantitative estimate of drug-likeness (QED) is 0.850. The lowest BCUT2D eigenvalue weighted by atomic mass is 10.1. The number of carbonyl (C=O) groups is 1. The SMILES string of the molecule is CCc1occc1C(=O)Nc1cccc(F)c1C(N)=S. The van der Waals surface area contributed by atoms with Crippen LogP contribution in [0.2, 0.25) is 0 Å². The fourth-order valence-corrected chi connectivity index (χ4v) is 2.09. The van der Waals surface area contributed by atoms with Crippen molar-refractivity contribution in [2.45, 2.75) is 13.3 Å². The number of amides is 1. The second-order valence-electron chi connectivity index (χ2n) is 4.09. The van der Waals surface area contributed by atoms with E-state index in [1.807, 2.05) is 6.92 Å². The Hall–Kier alpha value is -2.21. The predicted molar refractivity (Wildman–Crippen MR) is 78.3 cm³/mol. The van der Waals surface area contributed by atoms with Crippen LogP contribution in [0.4, 0.5) is 10.1 Å². The number of aryl methyl sites for hydroxylation is 1. The van der Waals surface area contributed by atoms with Crippen LogP contribution >= 0.6 is 12.2 Å². The third kappa shape index (κ3) is 2.70. The Morgan fingerprint density at radius 2 is 2.20 bits per heavy atom. The molecule has 0 bridgehead atoms. The van der Waals surface area contributed by atoms with Gasteiger partial charge in [0.25, 0.3) is 5.91 Å². The lowest BCUT2D eigenvalue weighted by Crippen LogP contribution is -2.19. The monoisotopic (exact) mass is 292 g/mol. The van der Waals surface area contributed by atoms with Crippen molar-refractivity contribution in [3.05, 3.63) is 53.2 Å². The van der Waals surface area contributed by atoms with E-state index in [-0.39, 0.29) is 16.2 Å². The maximum atomic E-state index is 13.7. The van der Waals surface area contributed by atoms with Crippen molar-refractivity contribution in [1.82, 2.24) is 0 Å². The van der Waals surface area contributed by atoms with Crippen molar-refractivity contribution in [2.24, 2.45) is 5.73 Å². The molecule has 0 spiro atoms. The van der Waals surface area contributed by atoms with Gasteiger partial charge in [-0.3, -0.25) is 4.79 Å². The molecule has 20 heavy (non-hydrogen) atoms. The van der Waals surface area contributed by atoms with Crippen LogP contribution in [0.25, 0.3) is 0 Å². The predicted octanol–water partition coefficient (Wildman–Crippen LogP) is 2.87. The van der Waals surface area contributed by atoms with Gasteiger partial charge in [-0.15, -0.1) is 0 Å². The van der Waals surface area contributed by atoms with Gasteiger partial charge in [-0.1, -0.05) is 25.2 Å². The second-order valence-corrected chi connectivity index (χ2v) is 4.53. The number of furan rings is 1. The number of hydrogen-bond acceptors (Lipinski definition) is 3. The van der Waals surface area contributed by atoms with Crippen LogP contribution in [-0.2, 0) is 6.42 Å². The average Bonchev–Trinajstić information content (AvgIpc) is 2.86. The van der Waals surface area contributed by atoms with Crippen LogP contribution in [-0.4, -0.2) is 10.9 Å². The molecule has 0 unspecified atom stereocenters. The zero-order valence-corrected chi connectivity index (χ0v) is 11.6. The van der Waals surface area contributed by atoms with Crippen molar-refractivity contribution in [2.75, 3.05) is 5.32 Å². The lowest BCUT2D eigenvalue weighted by molar-refractivity contribution is 0.102. The van der Waals surface area contributed by atoms with Gasteiger partial charge in [0.15, 0.2) is 0 Å². The van der Waals surface area contributed by atoms with E-state index in [0.717, 1.165) is 0 Å². The maximum absolute atomic E-state index is 13.7. The smallest absolute Gasteiger partial charge is 0.259 e. The van der Waals surface area contributed by atoms with Gasteiger partial charge in [-0.2, -0.15) is 0 Å². The zero-order chi connectivity index (χ0) is 14.7. The van der Waals surface area contributed by atoms with E-state index in [2.05, 4.69) is 5.32 Å². The Labute approximate surface area is 120 Å². The molecule has 1 aromatic heterocycles. The van der Waals surface area contributed by atoms with E-state index >= 15 is 0 Å². The molecule has 1 amide bonds. The van der Waals surface area contributed by atoms with Crippen molar-refractivity contribution < 1.29 is 13.6 Å². The number of halogens is 1. The van der Waals surface area contributed by atoms with Crippen LogP contribution in [0.3, 0.4) is 0 Å². The van der Waals surface area contributed by atoms with E-state index in [0.29, 0.717) is 17.7 Å². The summed E-state index contributed by atoms with van der Waals surface area (Å²) in [5.74, 6) is -0.396. The van der Waals surface area contributed by atoms with Gasteiger partial charge in [-0.25, -0.2) is 4.39 Å². The summed E-state index contributed by atoms with van der Waals surface area (Å²) in [6.07, 6.45) is 2.02. The minimum Gasteiger partial charge on any atom is -0.469 e. The van der Waals surface area contributed by atoms with Gasteiger partial charge in [-0.05, 0) is 18.2 Å². The normalized spacial score (nSPS) is 10.3. The highest BCUT2D eigenvalue weighted by Crippen LogP contribution is 2.21. The number of anilines is 1. The summed E-state index contributed by atoms with van der Waals surface area (Å²) >= 11 is 4.81. The standard InChI is InChI=1S/C14H13FN2O2S/c1-2-11-8(6-7-19-11)14(18)17-10-5-3-4-9(15)12(10)13(16)20/h3-7H,2H2,1H3,(H2,16,20)(H,17,18). The third-order valence-corrected chi connectivity index (χ3v) is 3.02. The van der Waals surface area contributed by atoms with Gasteiger partial charge in [0.1, 0.15) is 16.6 Å². The number of thiocarbonyl (C=S) groups is 1. The second kappa shape index (κ2) is 5.83. The van der Waals surface area contributed by atoms with Crippen LogP contribution in [0.15, 0.2) is 34.9 Å².